The quantitative estimate of drug-likeness (QED) is 0.262. The highest BCUT2D eigenvalue weighted by Crippen LogP contribution is 2.69. The molecule has 46 heavy (non-hydrogen) atoms. The third-order valence-electron chi connectivity index (χ3n) is 10.3. The van der Waals surface area contributed by atoms with E-state index in [9.17, 15) is 22.0 Å². The normalized spacial score (nSPS) is 29.1. The average Bonchev–Trinajstić information content (AvgIpc) is 3.18. The Labute approximate surface area is 260 Å². The van der Waals surface area contributed by atoms with Gasteiger partial charge in [-0.1, -0.05) is 0 Å². The highest BCUT2D eigenvalue weighted by Gasteiger charge is 2.77. The number of anilines is 2. The summed E-state index contributed by atoms with van der Waals surface area (Å²) in [5.74, 6) is -5.31. The Bertz CT molecular complexity index is 1750. The second-order valence-electron chi connectivity index (χ2n) is 13.9. The third kappa shape index (κ3) is 4.83. The Morgan fingerprint density at radius 1 is 1.02 bits per heavy atom. The highest BCUT2D eigenvalue weighted by molar-refractivity contribution is 5.92. The Hall–Kier alpha value is -3.46. The lowest BCUT2D eigenvalue weighted by molar-refractivity contribution is -0.137. The first-order chi connectivity index (χ1) is 21.5. The average molecular weight is 654 g/mol. The van der Waals surface area contributed by atoms with E-state index in [1.54, 1.807) is 0 Å². The Morgan fingerprint density at radius 2 is 1.74 bits per heavy atom. The molecule has 248 valence electrons. The molecule has 4 aliphatic rings. The van der Waals surface area contributed by atoms with E-state index in [4.69, 9.17) is 16.2 Å². The molecule has 1 spiro atoms. The van der Waals surface area contributed by atoms with Gasteiger partial charge in [0.05, 0.1) is 33.2 Å². The second kappa shape index (κ2) is 10.0. The van der Waals surface area contributed by atoms with Crippen LogP contribution in [-0.4, -0.2) is 69.6 Å². The van der Waals surface area contributed by atoms with Gasteiger partial charge in [0, 0.05) is 37.8 Å². The number of alkyl halides is 5. The zero-order chi connectivity index (χ0) is 33.0. The molecule has 0 radical (unpaired) electrons. The van der Waals surface area contributed by atoms with Crippen molar-refractivity contribution >= 4 is 22.4 Å². The van der Waals surface area contributed by atoms with Gasteiger partial charge in [0.2, 0.25) is 0 Å². The number of aromatic nitrogens is 3. The molecule has 3 saturated heterocycles. The van der Waals surface area contributed by atoms with Crippen LogP contribution in [0.1, 0.15) is 56.6 Å². The zero-order valence-corrected chi connectivity index (χ0v) is 25.4. The number of rotatable bonds is 5. The first kappa shape index (κ1) is 31.2. The molecule has 3 atom stereocenters. The lowest BCUT2D eigenvalue weighted by atomic mass is 9.89. The van der Waals surface area contributed by atoms with Crippen molar-refractivity contribution < 1.29 is 35.5 Å². The number of benzene rings is 1. The number of ether oxygens (including phenoxy) is 1. The molecule has 15 heteroatoms. The van der Waals surface area contributed by atoms with Crippen LogP contribution in [0.2, 0.25) is 0 Å². The van der Waals surface area contributed by atoms with Crippen molar-refractivity contribution in [2.75, 3.05) is 43.4 Å². The van der Waals surface area contributed by atoms with E-state index in [1.165, 1.54) is 0 Å². The van der Waals surface area contributed by atoms with Crippen molar-refractivity contribution in [2.24, 2.45) is 11.1 Å². The largest absolute Gasteiger partial charge is 0.461 e. The highest BCUT2D eigenvalue weighted by atomic mass is 19.4. The minimum absolute atomic E-state index is 0.0365. The second-order valence-corrected chi connectivity index (χ2v) is 13.9. The van der Waals surface area contributed by atoms with Gasteiger partial charge in [-0.05, 0) is 64.1 Å². The third-order valence-corrected chi connectivity index (χ3v) is 10.3. The molecule has 4 fully saturated rings. The number of nitrogens with two attached hydrogens (primary N) is 2. The number of aryl methyl sites for hydroxylation is 1. The van der Waals surface area contributed by atoms with Gasteiger partial charge < -0.3 is 21.1 Å². The van der Waals surface area contributed by atoms with E-state index in [2.05, 4.69) is 15.0 Å². The summed E-state index contributed by atoms with van der Waals surface area (Å²) in [6.07, 6.45) is -1.06. The molecular formula is C31H34F7N7O. The van der Waals surface area contributed by atoms with Crippen LogP contribution in [0.25, 0.3) is 22.2 Å². The topological polar surface area (TPSA) is 106 Å². The van der Waals surface area contributed by atoms with Crippen molar-refractivity contribution in [3.8, 4) is 17.3 Å². The molecule has 1 aromatic carbocycles. The predicted molar refractivity (Wildman–Crippen MR) is 157 cm³/mol. The van der Waals surface area contributed by atoms with E-state index in [0.717, 1.165) is 25.6 Å². The summed E-state index contributed by atoms with van der Waals surface area (Å²) in [5.41, 5.74) is 4.86. The molecule has 1 saturated carbocycles. The van der Waals surface area contributed by atoms with E-state index in [-0.39, 0.29) is 43.2 Å². The maximum Gasteiger partial charge on any atom is 0.417 e. The molecule has 0 amide bonds. The molecule has 4 N–H and O–H groups in total. The fourth-order valence-corrected chi connectivity index (χ4v) is 8.01. The molecule has 2 aromatic heterocycles. The molecule has 0 bridgehead atoms. The standard InChI is InChI=1S/C31H34F7N7O/c1-16-9-18(39)21(32)19(20(16)31(36,37)38)24-22(33)23-17(10-41-24)25(44-7-3-5-27(2,40)13-44)43-26(42-23)46-15-29-6-4-8-45(29)14-28(11-29)12-30(28,34)35/h9-10H,3-8,11-15,39-40H2,1-2H3. The number of nitrogen functional groups attached to an aromatic ring is 1. The van der Waals surface area contributed by atoms with Crippen LogP contribution in [-0.2, 0) is 6.18 Å². The van der Waals surface area contributed by atoms with Crippen molar-refractivity contribution in [3.05, 3.63) is 35.0 Å². The molecule has 7 rings (SSSR count). The van der Waals surface area contributed by atoms with E-state index >= 15 is 8.78 Å². The maximum absolute atomic E-state index is 16.5. The van der Waals surface area contributed by atoms with Crippen LogP contribution < -0.4 is 21.1 Å². The number of nitrogens with zero attached hydrogens (tertiary/aromatic N) is 5. The Kier molecular flexibility index (Phi) is 6.79. The van der Waals surface area contributed by atoms with Gasteiger partial charge >= 0.3 is 12.2 Å². The van der Waals surface area contributed by atoms with Crippen LogP contribution in [0, 0.1) is 24.0 Å². The molecule has 5 heterocycles. The summed E-state index contributed by atoms with van der Waals surface area (Å²) in [7, 11) is 0. The minimum atomic E-state index is -5.05. The monoisotopic (exact) mass is 653 g/mol. The van der Waals surface area contributed by atoms with Crippen molar-refractivity contribution in [1.29, 1.82) is 0 Å². The van der Waals surface area contributed by atoms with Crippen LogP contribution in [0.15, 0.2) is 12.3 Å². The van der Waals surface area contributed by atoms with Gasteiger partial charge in [0.15, 0.2) is 11.6 Å². The molecule has 8 nitrogen and oxygen atoms in total. The lowest BCUT2D eigenvalue weighted by Crippen LogP contribution is -2.52. The van der Waals surface area contributed by atoms with Crippen molar-refractivity contribution in [3.63, 3.8) is 0 Å². The van der Waals surface area contributed by atoms with Gasteiger partial charge in [-0.3, -0.25) is 9.88 Å². The summed E-state index contributed by atoms with van der Waals surface area (Å²) in [6, 6.07) is 0.552. The van der Waals surface area contributed by atoms with Gasteiger partial charge in [-0.2, -0.15) is 23.1 Å². The molecular weight excluding hydrogens is 619 g/mol. The van der Waals surface area contributed by atoms with E-state index < -0.39 is 73.8 Å². The van der Waals surface area contributed by atoms with Crippen LogP contribution in [0.3, 0.4) is 0 Å². The molecule has 3 aliphatic heterocycles. The number of halogens is 7. The summed E-state index contributed by atoms with van der Waals surface area (Å²) >= 11 is 0. The predicted octanol–water partition coefficient (Wildman–Crippen LogP) is 5.84. The number of hydrogen-bond donors (Lipinski definition) is 2. The minimum Gasteiger partial charge on any atom is -0.461 e. The van der Waals surface area contributed by atoms with Crippen LogP contribution in [0.5, 0.6) is 6.01 Å². The fraction of sp³-hybridized carbons (Fsp3) is 0.581. The maximum atomic E-state index is 16.5. The first-order valence-corrected chi connectivity index (χ1v) is 15.3. The first-order valence-electron chi connectivity index (χ1n) is 15.3. The number of piperidine rings is 1. The zero-order valence-electron chi connectivity index (χ0n) is 25.4. The van der Waals surface area contributed by atoms with E-state index in [0.29, 0.717) is 38.9 Å². The summed E-state index contributed by atoms with van der Waals surface area (Å²) < 4.78 is 109. The van der Waals surface area contributed by atoms with E-state index in [1.807, 2.05) is 16.7 Å². The smallest absolute Gasteiger partial charge is 0.417 e. The number of hydrogen-bond acceptors (Lipinski definition) is 8. The Morgan fingerprint density at radius 3 is 2.41 bits per heavy atom. The van der Waals surface area contributed by atoms with Crippen LogP contribution in [0.4, 0.5) is 42.2 Å². The molecule has 3 aromatic rings. The molecule has 3 unspecified atom stereocenters. The van der Waals surface area contributed by atoms with Crippen molar-refractivity contribution in [1.82, 2.24) is 19.9 Å². The molecule has 1 aliphatic carbocycles. The lowest BCUT2D eigenvalue weighted by Gasteiger charge is -2.39. The van der Waals surface area contributed by atoms with Gasteiger partial charge in [0.1, 0.15) is 23.6 Å². The van der Waals surface area contributed by atoms with Gasteiger partial charge in [-0.15, -0.1) is 0 Å². The van der Waals surface area contributed by atoms with Crippen molar-refractivity contribution in [2.45, 2.75) is 75.5 Å². The van der Waals surface area contributed by atoms with Gasteiger partial charge in [0.25, 0.3) is 5.92 Å². The number of pyridine rings is 1. The van der Waals surface area contributed by atoms with Crippen LogP contribution >= 0.6 is 0 Å². The Balaban J connectivity index is 1.35. The summed E-state index contributed by atoms with van der Waals surface area (Å²) in [6.45, 7) is 4.63. The van der Waals surface area contributed by atoms with Gasteiger partial charge in [-0.25, -0.2) is 17.6 Å². The summed E-state index contributed by atoms with van der Waals surface area (Å²) in [5, 5.41) is 0.0685. The fourth-order valence-electron chi connectivity index (χ4n) is 8.01. The summed E-state index contributed by atoms with van der Waals surface area (Å²) in [4.78, 5) is 16.6. The number of fused-ring (bicyclic) bond motifs is 2. The SMILES string of the molecule is Cc1cc(N)c(F)c(-c2ncc3c(N4CCCC(C)(N)C4)nc(OCC45CCCN4CC4(C5)CC4(F)F)nc3c2F)c1C(F)(F)F.